The minimum absolute atomic E-state index is 0.0300. The number of aromatic amines is 2. The maximum absolute atomic E-state index is 14.5. The molecule has 0 saturated heterocycles. The standard InChI is InChI=1S/C28H22FN5O2S/c1-37(35,36)8-7-17-9-19(11-21(29)10-17)22-3-2-4-25-23(22)13-27(32-25)28-24-12-18(5-6-26(24)33-34-28)20-14-30-16-31-15-20/h2-6,9-16,32H,7-8H2,1H3,(H,33,34). The first-order chi connectivity index (χ1) is 17.8. The normalized spacial score (nSPS) is 11.9. The van der Waals surface area contributed by atoms with E-state index < -0.39 is 15.7 Å². The Labute approximate surface area is 212 Å². The van der Waals surface area contributed by atoms with Crippen molar-refractivity contribution in [2.45, 2.75) is 6.42 Å². The molecule has 37 heavy (non-hydrogen) atoms. The van der Waals surface area contributed by atoms with E-state index in [1.54, 1.807) is 12.4 Å². The lowest BCUT2D eigenvalue weighted by molar-refractivity contribution is 0.600. The molecular weight excluding hydrogens is 489 g/mol. The largest absolute Gasteiger partial charge is 0.353 e. The van der Waals surface area contributed by atoms with Crippen LogP contribution in [0.3, 0.4) is 0 Å². The van der Waals surface area contributed by atoms with E-state index in [4.69, 9.17) is 0 Å². The van der Waals surface area contributed by atoms with Gasteiger partial charge in [-0.25, -0.2) is 22.8 Å². The summed E-state index contributed by atoms with van der Waals surface area (Å²) in [6.07, 6.45) is 6.48. The molecule has 0 unspecified atom stereocenters. The molecule has 9 heteroatoms. The number of benzene rings is 3. The Balaban J connectivity index is 1.44. The van der Waals surface area contributed by atoms with Crippen LogP contribution in [0.15, 0.2) is 79.4 Å². The smallest absolute Gasteiger partial charge is 0.147 e. The van der Waals surface area contributed by atoms with Crippen molar-refractivity contribution in [1.82, 2.24) is 25.1 Å². The van der Waals surface area contributed by atoms with Crippen LogP contribution in [0, 0.1) is 5.82 Å². The van der Waals surface area contributed by atoms with Gasteiger partial charge in [0.1, 0.15) is 27.7 Å². The van der Waals surface area contributed by atoms with Crippen LogP contribution < -0.4 is 0 Å². The number of fused-ring (bicyclic) bond motifs is 2. The third kappa shape index (κ3) is 4.61. The van der Waals surface area contributed by atoms with E-state index in [2.05, 4.69) is 31.2 Å². The number of sulfone groups is 1. The zero-order valence-electron chi connectivity index (χ0n) is 19.9. The van der Waals surface area contributed by atoms with Gasteiger partial charge in [-0.15, -0.1) is 0 Å². The van der Waals surface area contributed by atoms with Gasteiger partial charge in [-0.2, -0.15) is 5.10 Å². The van der Waals surface area contributed by atoms with Crippen LogP contribution >= 0.6 is 0 Å². The van der Waals surface area contributed by atoms with Gasteiger partial charge in [0.2, 0.25) is 0 Å². The van der Waals surface area contributed by atoms with Crippen LogP contribution in [0.1, 0.15) is 5.56 Å². The summed E-state index contributed by atoms with van der Waals surface area (Å²) in [5.74, 6) is -0.429. The monoisotopic (exact) mass is 511 g/mol. The molecule has 3 aromatic carbocycles. The van der Waals surface area contributed by atoms with Crippen molar-refractivity contribution in [3.05, 3.63) is 90.8 Å². The van der Waals surface area contributed by atoms with Crippen LogP contribution in [0.4, 0.5) is 4.39 Å². The van der Waals surface area contributed by atoms with Gasteiger partial charge in [0.15, 0.2) is 0 Å². The van der Waals surface area contributed by atoms with Gasteiger partial charge in [0.25, 0.3) is 0 Å². The van der Waals surface area contributed by atoms with Crippen molar-refractivity contribution in [3.63, 3.8) is 0 Å². The van der Waals surface area contributed by atoms with E-state index >= 15 is 0 Å². The van der Waals surface area contributed by atoms with Crippen LogP contribution in [0.2, 0.25) is 0 Å². The Kier molecular flexibility index (Phi) is 5.57. The fourth-order valence-corrected chi connectivity index (χ4v) is 5.24. The summed E-state index contributed by atoms with van der Waals surface area (Å²) in [6.45, 7) is 0. The maximum atomic E-state index is 14.5. The topological polar surface area (TPSA) is 104 Å². The summed E-state index contributed by atoms with van der Waals surface area (Å²) in [7, 11) is -3.15. The Morgan fingerprint density at radius 3 is 2.51 bits per heavy atom. The second-order valence-corrected chi connectivity index (χ2v) is 11.4. The molecule has 0 bridgehead atoms. The predicted molar refractivity (Wildman–Crippen MR) is 143 cm³/mol. The quantitative estimate of drug-likeness (QED) is 0.305. The summed E-state index contributed by atoms with van der Waals surface area (Å²) >= 11 is 0. The molecule has 0 aliphatic carbocycles. The van der Waals surface area contributed by atoms with E-state index in [9.17, 15) is 12.8 Å². The molecule has 184 valence electrons. The average Bonchev–Trinajstić information content (AvgIpc) is 3.51. The second kappa shape index (κ2) is 8.94. The second-order valence-electron chi connectivity index (χ2n) is 9.14. The molecule has 2 N–H and O–H groups in total. The Morgan fingerprint density at radius 1 is 0.865 bits per heavy atom. The zero-order valence-corrected chi connectivity index (χ0v) is 20.7. The van der Waals surface area contributed by atoms with E-state index in [1.165, 1.54) is 24.7 Å². The highest BCUT2D eigenvalue weighted by Crippen LogP contribution is 2.35. The number of hydrogen-bond acceptors (Lipinski definition) is 5. The molecule has 0 atom stereocenters. The first-order valence-corrected chi connectivity index (χ1v) is 13.7. The molecule has 0 aliphatic rings. The summed E-state index contributed by atoms with van der Waals surface area (Å²) in [5, 5.41) is 9.53. The van der Waals surface area contributed by atoms with Crippen molar-refractivity contribution in [2.24, 2.45) is 0 Å². The summed E-state index contributed by atoms with van der Waals surface area (Å²) in [6, 6.07) is 18.6. The number of nitrogens with zero attached hydrogens (tertiary/aromatic N) is 3. The van der Waals surface area contributed by atoms with Crippen molar-refractivity contribution in [1.29, 1.82) is 0 Å². The van der Waals surface area contributed by atoms with Crippen LogP contribution in [0.25, 0.3) is 55.4 Å². The molecule has 6 aromatic rings. The number of aromatic nitrogens is 5. The molecule has 0 fully saturated rings. The van der Waals surface area contributed by atoms with E-state index in [-0.39, 0.29) is 12.2 Å². The molecule has 0 amide bonds. The molecule has 0 spiro atoms. The first kappa shape index (κ1) is 23.1. The molecule has 0 saturated carbocycles. The molecule has 0 radical (unpaired) electrons. The fourth-order valence-electron chi connectivity index (χ4n) is 4.64. The van der Waals surface area contributed by atoms with Gasteiger partial charge < -0.3 is 4.98 Å². The van der Waals surface area contributed by atoms with Gasteiger partial charge in [-0.3, -0.25) is 5.10 Å². The number of hydrogen-bond donors (Lipinski definition) is 2. The summed E-state index contributed by atoms with van der Waals surface area (Å²) < 4.78 is 37.8. The average molecular weight is 512 g/mol. The summed E-state index contributed by atoms with van der Waals surface area (Å²) in [5.41, 5.74) is 7.45. The number of rotatable bonds is 6. The molecule has 6 rings (SSSR count). The number of H-pyrrole nitrogens is 2. The Hall–Kier alpha value is -4.37. The highest BCUT2D eigenvalue weighted by molar-refractivity contribution is 7.90. The lowest BCUT2D eigenvalue weighted by atomic mass is 9.98. The minimum atomic E-state index is -3.15. The highest BCUT2D eigenvalue weighted by Gasteiger charge is 2.15. The highest BCUT2D eigenvalue weighted by atomic mass is 32.2. The van der Waals surface area contributed by atoms with Gasteiger partial charge in [0, 0.05) is 40.5 Å². The number of halogens is 1. The zero-order chi connectivity index (χ0) is 25.6. The van der Waals surface area contributed by atoms with E-state index in [0.717, 1.165) is 49.9 Å². The maximum Gasteiger partial charge on any atom is 0.147 e. The van der Waals surface area contributed by atoms with Crippen LogP contribution in [-0.4, -0.2) is 45.6 Å². The molecule has 7 nitrogen and oxygen atoms in total. The Morgan fingerprint density at radius 2 is 1.70 bits per heavy atom. The molecule has 0 aliphatic heterocycles. The number of aryl methyl sites for hydroxylation is 1. The first-order valence-electron chi connectivity index (χ1n) is 11.7. The van der Waals surface area contributed by atoms with Gasteiger partial charge >= 0.3 is 0 Å². The molecule has 3 aromatic heterocycles. The Bertz CT molecular complexity index is 1880. The third-order valence-electron chi connectivity index (χ3n) is 6.41. The van der Waals surface area contributed by atoms with Gasteiger partial charge in [-0.05, 0) is 65.1 Å². The van der Waals surface area contributed by atoms with Crippen molar-refractivity contribution < 1.29 is 12.8 Å². The summed E-state index contributed by atoms with van der Waals surface area (Å²) in [4.78, 5) is 11.7. The molecular formula is C28H22FN5O2S. The van der Waals surface area contributed by atoms with E-state index in [1.807, 2.05) is 42.5 Å². The van der Waals surface area contributed by atoms with Crippen LogP contribution in [-0.2, 0) is 16.3 Å². The lowest BCUT2D eigenvalue weighted by Gasteiger charge is -2.08. The van der Waals surface area contributed by atoms with E-state index in [0.29, 0.717) is 11.1 Å². The number of nitrogens with one attached hydrogen (secondary N) is 2. The lowest BCUT2D eigenvalue weighted by Crippen LogP contribution is -2.06. The van der Waals surface area contributed by atoms with Gasteiger partial charge in [0.05, 0.1) is 17.0 Å². The van der Waals surface area contributed by atoms with Crippen molar-refractivity contribution in [2.75, 3.05) is 12.0 Å². The van der Waals surface area contributed by atoms with Gasteiger partial charge in [-0.1, -0.05) is 24.3 Å². The van der Waals surface area contributed by atoms with Crippen molar-refractivity contribution >= 4 is 31.6 Å². The fraction of sp³-hybridized carbons (Fsp3) is 0.107. The van der Waals surface area contributed by atoms with Crippen LogP contribution in [0.5, 0.6) is 0 Å². The SMILES string of the molecule is CS(=O)(=O)CCc1cc(F)cc(-c2cccc3[nH]c(-c4n[nH]c5ccc(-c6cncnc6)cc45)cc23)c1. The minimum Gasteiger partial charge on any atom is -0.353 e. The van der Waals surface area contributed by atoms with Crippen molar-refractivity contribution in [3.8, 4) is 33.6 Å². The predicted octanol–water partition coefficient (Wildman–Crippen LogP) is 5.56. The third-order valence-corrected chi connectivity index (χ3v) is 7.35. The molecule has 3 heterocycles.